The Morgan fingerprint density at radius 3 is 1.81 bits per heavy atom. The number of unbranched alkanes of at least 4 members (excludes halogenated alkanes) is 9. The topological polar surface area (TPSA) is 39.9 Å². The van der Waals surface area contributed by atoms with Gasteiger partial charge in [0.05, 0.1) is 13.5 Å². The number of methoxy groups -OCH3 is 1. The molecule has 0 rings (SSSR count). The van der Waals surface area contributed by atoms with Crippen molar-refractivity contribution in [3.8, 4) is 0 Å². The van der Waals surface area contributed by atoms with Crippen LogP contribution >= 0.6 is 0 Å². The quantitative estimate of drug-likeness (QED) is 0.162. The van der Waals surface area contributed by atoms with Gasteiger partial charge < -0.3 is 14.3 Å². The van der Waals surface area contributed by atoms with Crippen LogP contribution in [0.3, 0.4) is 0 Å². The number of hydrogen-bond donors (Lipinski definition) is 0. The van der Waals surface area contributed by atoms with Crippen molar-refractivity contribution in [2.75, 3.05) is 20.3 Å². The van der Waals surface area contributed by atoms with Gasteiger partial charge in [-0.1, -0.05) is 71.6 Å². The second-order valence-electron chi connectivity index (χ2n) is 9.13. The number of carbonyl (C=O) groups is 1. The lowest BCUT2D eigenvalue weighted by Crippen LogP contribution is -2.27. The van der Waals surface area contributed by atoms with Crippen molar-refractivity contribution >= 4 is 5.97 Å². The lowest BCUT2D eigenvalue weighted by atomic mass is 9.83. The fraction of sp³-hybridized carbons (Fsp3) is 0.913. The maximum Gasteiger partial charge on any atom is 0.306 e. The van der Waals surface area contributed by atoms with Gasteiger partial charge in [-0.2, -0.15) is 0 Å². The van der Waals surface area contributed by atoms with Gasteiger partial charge in [-0.15, -0.1) is 0 Å². The number of rotatable bonds is 17. The Morgan fingerprint density at radius 1 is 0.852 bits per heavy atom. The van der Waals surface area contributed by atoms with Gasteiger partial charge in [-0.3, -0.25) is 4.79 Å². The zero-order valence-electron chi connectivity index (χ0n) is 18.6. The zero-order valence-corrected chi connectivity index (χ0v) is 18.6. The molecule has 27 heavy (non-hydrogen) atoms. The van der Waals surface area contributed by atoms with Gasteiger partial charge in [-0.05, 0) is 32.1 Å². The van der Waals surface area contributed by atoms with Crippen molar-refractivity contribution < 1.29 is 14.3 Å². The number of ether oxygens (including phenoxy) is 2. The van der Waals surface area contributed by atoms with Crippen LogP contribution in [0.4, 0.5) is 0 Å². The van der Waals surface area contributed by atoms with E-state index in [-0.39, 0.29) is 17.0 Å². The molecule has 4 heteroatoms. The molecule has 0 spiro atoms. The van der Waals surface area contributed by atoms with Crippen LogP contribution in [0.2, 0.25) is 0 Å². The Bertz CT molecular complexity index is 424. The predicted molar refractivity (Wildman–Crippen MR) is 113 cm³/mol. The Morgan fingerprint density at radius 2 is 1.33 bits per heavy atom. The first-order valence-corrected chi connectivity index (χ1v) is 10.8. The molecule has 0 fully saturated rings. The summed E-state index contributed by atoms with van der Waals surface area (Å²) in [5.41, 5.74) is -0.238. The van der Waals surface area contributed by atoms with Crippen LogP contribution in [-0.4, -0.2) is 31.8 Å². The smallest absolute Gasteiger partial charge is 0.306 e. The molecule has 0 aromatic heterocycles. The van der Waals surface area contributed by atoms with Crippen LogP contribution in [0.5, 0.6) is 0 Å². The van der Waals surface area contributed by atoms with Crippen LogP contribution in [0.15, 0.2) is 0 Å². The maximum absolute atomic E-state index is 11.4. The Labute approximate surface area is 168 Å². The van der Waals surface area contributed by atoms with Gasteiger partial charge in [0.2, 0.25) is 6.54 Å². The molecular formula is C23H43NO3. The second kappa shape index (κ2) is 14.9. The van der Waals surface area contributed by atoms with E-state index < -0.39 is 0 Å². The molecule has 0 unspecified atom stereocenters. The summed E-state index contributed by atoms with van der Waals surface area (Å²) in [7, 11) is 1.46. The number of hydrogen-bond acceptors (Lipinski definition) is 3. The van der Waals surface area contributed by atoms with Crippen LogP contribution in [0.25, 0.3) is 4.85 Å². The summed E-state index contributed by atoms with van der Waals surface area (Å²) in [4.78, 5) is 14.8. The molecule has 0 bridgehead atoms. The van der Waals surface area contributed by atoms with Crippen molar-refractivity contribution in [3.63, 3.8) is 0 Å². The number of nitrogens with zero attached hydrogens (tertiary/aromatic N) is 1. The van der Waals surface area contributed by atoms with Crippen LogP contribution in [-0.2, 0) is 14.3 Å². The average Bonchev–Trinajstić information content (AvgIpc) is 2.58. The number of carbonyl (C=O) groups excluding carboxylic acids is 1. The predicted octanol–water partition coefficient (Wildman–Crippen LogP) is 6.58. The molecule has 4 nitrogen and oxygen atoms in total. The zero-order chi connectivity index (χ0) is 20.6. The third-order valence-electron chi connectivity index (χ3n) is 5.05. The summed E-state index contributed by atoms with van der Waals surface area (Å²) in [5, 5.41) is 0. The van der Waals surface area contributed by atoms with Crippen molar-refractivity contribution in [2.24, 2.45) is 5.41 Å². The van der Waals surface area contributed by atoms with E-state index in [2.05, 4.69) is 18.7 Å². The Hall–Kier alpha value is -1.08. The molecule has 0 heterocycles. The van der Waals surface area contributed by atoms with Gasteiger partial charge in [0.25, 0.3) is 0 Å². The highest BCUT2D eigenvalue weighted by Crippen LogP contribution is 2.28. The summed E-state index contributed by atoms with van der Waals surface area (Å²) in [6.07, 6.45) is 14.3. The summed E-state index contributed by atoms with van der Waals surface area (Å²) < 4.78 is 10.5. The van der Waals surface area contributed by atoms with Crippen molar-refractivity contribution in [2.45, 2.75) is 110 Å². The molecule has 0 aliphatic rings. The minimum atomic E-state index is -0.295. The van der Waals surface area contributed by atoms with Gasteiger partial charge in [-0.25, -0.2) is 6.57 Å². The molecule has 0 aromatic carbocycles. The van der Waals surface area contributed by atoms with Crippen molar-refractivity contribution in [3.05, 3.63) is 11.4 Å². The molecule has 0 atom stereocenters. The summed E-state index contributed by atoms with van der Waals surface area (Å²) in [6.45, 7) is 16.4. The van der Waals surface area contributed by atoms with E-state index in [9.17, 15) is 4.79 Å². The molecule has 0 aromatic rings. The first-order valence-electron chi connectivity index (χ1n) is 10.8. The largest absolute Gasteiger partial charge is 0.469 e. The van der Waals surface area contributed by atoms with E-state index in [1.807, 2.05) is 13.8 Å². The lowest BCUT2D eigenvalue weighted by molar-refractivity contribution is -0.143. The highest BCUT2D eigenvalue weighted by Gasteiger charge is 2.22. The minimum Gasteiger partial charge on any atom is -0.469 e. The van der Waals surface area contributed by atoms with Crippen LogP contribution < -0.4 is 0 Å². The molecule has 0 aliphatic carbocycles. The summed E-state index contributed by atoms with van der Waals surface area (Å²) in [6, 6.07) is 0. The fourth-order valence-electron chi connectivity index (χ4n) is 3.26. The molecule has 0 radical (unpaired) electrons. The first kappa shape index (κ1) is 25.9. The van der Waals surface area contributed by atoms with Gasteiger partial charge >= 0.3 is 5.97 Å². The normalized spacial score (nSPS) is 12.0. The van der Waals surface area contributed by atoms with E-state index >= 15 is 0 Å². The maximum atomic E-state index is 11.4. The Kier molecular flexibility index (Phi) is 14.3. The highest BCUT2D eigenvalue weighted by atomic mass is 16.5. The molecule has 0 N–H and O–H groups in total. The van der Waals surface area contributed by atoms with E-state index in [4.69, 9.17) is 16.0 Å². The molecule has 0 saturated heterocycles. The lowest BCUT2D eigenvalue weighted by Gasteiger charge is -2.22. The standard InChI is InChI=1S/C23H43NO3/c1-22(2,19-21(25)26-6)17-15-13-11-9-7-8-10-12-14-16-18-27-23(3,4)20-24-5/h7-20H2,1-4,6H3. The van der Waals surface area contributed by atoms with Gasteiger partial charge in [0.1, 0.15) is 5.60 Å². The highest BCUT2D eigenvalue weighted by molar-refractivity contribution is 5.69. The molecule has 158 valence electrons. The fourth-order valence-corrected chi connectivity index (χ4v) is 3.26. The minimum absolute atomic E-state index is 0.0575. The van der Waals surface area contributed by atoms with Gasteiger partial charge in [0, 0.05) is 6.61 Å². The third-order valence-corrected chi connectivity index (χ3v) is 5.05. The summed E-state index contributed by atoms with van der Waals surface area (Å²) in [5.74, 6) is -0.0985. The molecular weight excluding hydrogens is 338 g/mol. The average molecular weight is 382 g/mol. The first-order chi connectivity index (χ1) is 12.7. The molecule has 0 saturated carbocycles. The van der Waals surface area contributed by atoms with E-state index in [1.54, 1.807) is 0 Å². The van der Waals surface area contributed by atoms with E-state index in [0.29, 0.717) is 13.0 Å². The van der Waals surface area contributed by atoms with E-state index in [0.717, 1.165) is 19.4 Å². The number of esters is 1. The van der Waals surface area contributed by atoms with Crippen molar-refractivity contribution in [1.29, 1.82) is 0 Å². The molecule has 0 aliphatic heterocycles. The van der Waals surface area contributed by atoms with Crippen LogP contribution in [0.1, 0.15) is 105 Å². The van der Waals surface area contributed by atoms with Crippen LogP contribution in [0, 0.1) is 12.0 Å². The van der Waals surface area contributed by atoms with Crippen molar-refractivity contribution in [1.82, 2.24) is 0 Å². The monoisotopic (exact) mass is 381 g/mol. The Balaban J connectivity index is 3.39. The van der Waals surface area contributed by atoms with Gasteiger partial charge in [0.15, 0.2) is 0 Å². The van der Waals surface area contributed by atoms with E-state index in [1.165, 1.54) is 64.9 Å². The summed E-state index contributed by atoms with van der Waals surface area (Å²) >= 11 is 0. The molecule has 0 amide bonds. The second-order valence-corrected chi connectivity index (χ2v) is 9.13. The third kappa shape index (κ3) is 16.8. The SMILES string of the molecule is [C-]#[N+]CC(C)(C)OCCCCCCCCCCCCC(C)(C)CC(=O)OC.